The first-order valence-electron chi connectivity index (χ1n) is 40.2. The van der Waals surface area contributed by atoms with Crippen LogP contribution in [-0.4, -0.2) is 42.7 Å². The van der Waals surface area contributed by atoms with Crippen LogP contribution in [0.25, 0.3) is 33.4 Å². The molecule has 0 amide bonds. The lowest BCUT2D eigenvalue weighted by atomic mass is 9.91. The van der Waals surface area contributed by atoms with Gasteiger partial charge >= 0.3 is 0 Å². The molecule has 0 radical (unpaired) electrons. The second kappa shape index (κ2) is 35.3. The molecule has 0 saturated carbocycles. The van der Waals surface area contributed by atoms with Crippen molar-refractivity contribution in [3.8, 4) is 67.9 Å². The molecule has 0 aromatic heterocycles. The highest BCUT2D eigenvalue weighted by Gasteiger charge is 2.27. The number of methoxy groups -OCH3 is 6. The van der Waals surface area contributed by atoms with Crippen molar-refractivity contribution < 1.29 is 28.4 Å². The molecule has 120 heavy (non-hydrogen) atoms. The van der Waals surface area contributed by atoms with Gasteiger partial charge < -0.3 is 57.8 Å². The standard InChI is InChI=1S/C108H96N6O6/c1-73-13-25-85(26-14-73)109(91-37-49-103(115-7)50-38-91)97-64-82(65-98(70-97)110(86-27-15-74(2)16-28-86)92-39-51-104(116-8)52-40-92)79-61-80(83-66-99(111(87-29-17-75(3)18-30-87)93-41-53-105(117-9)54-42-93)71-100(67-83)112(88-31-19-76(4)20-32-88)94-43-55-106(118-10)56-44-94)63-81(62-79)84-68-101(113(89-33-21-77(5)22-34-89)95-45-57-107(119-11)58-46-95)72-102(69-84)114(90-35-23-78(6)24-36-90)96-47-59-108(120-12)60-48-96/h13-72H,1-12H3. The summed E-state index contributed by atoms with van der Waals surface area (Å²) >= 11 is 0. The summed E-state index contributed by atoms with van der Waals surface area (Å²) in [5, 5.41) is 0. The molecule has 0 aliphatic carbocycles. The molecular formula is C108H96N6O6. The zero-order valence-electron chi connectivity index (χ0n) is 69.8. The van der Waals surface area contributed by atoms with Crippen LogP contribution in [0.15, 0.2) is 364 Å². The molecule has 0 unspecified atom stereocenters. The summed E-state index contributed by atoms with van der Waals surface area (Å²) in [7, 11) is 10.3. The maximum Gasteiger partial charge on any atom is 0.119 e. The van der Waals surface area contributed by atoms with Crippen LogP contribution in [0, 0.1) is 41.5 Å². The first-order valence-corrected chi connectivity index (χ1v) is 40.2. The zero-order valence-corrected chi connectivity index (χ0v) is 69.8. The Labute approximate surface area is 705 Å². The zero-order chi connectivity index (χ0) is 82.9. The quantitative estimate of drug-likeness (QED) is 0.0492. The maximum atomic E-state index is 5.87. The van der Waals surface area contributed by atoms with Crippen molar-refractivity contribution in [3.05, 3.63) is 397 Å². The summed E-state index contributed by atoms with van der Waals surface area (Å²) in [6, 6.07) is 131. The van der Waals surface area contributed by atoms with Crippen molar-refractivity contribution in [3.63, 3.8) is 0 Å². The molecule has 16 aromatic carbocycles. The lowest BCUT2D eigenvalue weighted by molar-refractivity contribution is 0.414. The van der Waals surface area contributed by atoms with Gasteiger partial charge in [-0.1, -0.05) is 106 Å². The van der Waals surface area contributed by atoms with E-state index in [9.17, 15) is 0 Å². The minimum atomic E-state index is 0.750. The van der Waals surface area contributed by atoms with Crippen LogP contribution in [0.2, 0.25) is 0 Å². The molecule has 0 spiro atoms. The predicted octanol–water partition coefficient (Wildman–Crippen LogP) is 29.4. The summed E-state index contributed by atoms with van der Waals surface area (Å²) < 4.78 is 35.2. The Bertz CT molecular complexity index is 5220. The van der Waals surface area contributed by atoms with Crippen LogP contribution >= 0.6 is 0 Å². The van der Waals surface area contributed by atoms with E-state index in [1.807, 2.05) is 72.8 Å². The summed E-state index contributed by atoms with van der Waals surface area (Å²) in [6.45, 7) is 12.8. The molecule has 16 rings (SSSR count). The van der Waals surface area contributed by atoms with E-state index in [0.29, 0.717) is 0 Å². The van der Waals surface area contributed by atoms with Gasteiger partial charge in [-0.15, -0.1) is 0 Å². The third-order valence-corrected chi connectivity index (χ3v) is 21.9. The van der Waals surface area contributed by atoms with Crippen LogP contribution in [0.1, 0.15) is 33.4 Å². The SMILES string of the molecule is COc1ccc(N(c2ccc(C)cc2)c2cc(-c3cc(-c4cc(N(c5ccc(C)cc5)c5ccc(OC)cc5)cc(N(c5ccc(C)cc5)c5ccc(OC)cc5)c4)cc(-c4cc(N(c5ccc(C)cc5)c5ccc(OC)cc5)cc(N(c5ccc(C)cc5)c5ccc(OC)cc5)c4)c3)cc(N(c3ccc(C)cc3)c3ccc(OC)cc3)c2)cc1. The van der Waals surface area contributed by atoms with Gasteiger partial charge in [0.2, 0.25) is 0 Å². The van der Waals surface area contributed by atoms with Crippen LogP contribution in [-0.2, 0) is 0 Å². The van der Waals surface area contributed by atoms with Crippen LogP contribution in [0.5, 0.6) is 34.5 Å². The monoisotopic (exact) mass is 1570 g/mol. The maximum absolute atomic E-state index is 5.87. The first-order chi connectivity index (χ1) is 58.6. The minimum Gasteiger partial charge on any atom is -0.497 e. The van der Waals surface area contributed by atoms with Crippen LogP contribution < -0.4 is 57.8 Å². The normalized spacial score (nSPS) is 11.0. The molecule has 12 heteroatoms. The summed E-state index contributed by atoms with van der Waals surface area (Å²) in [5.74, 6) is 4.50. The Hall–Kier alpha value is -14.9. The van der Waals surface area contributed by atoms with E-state index in [0.717, 1.165) is 204 Å². The number of ether oxygens (including phenoxy) is 6. The number of hydrogen-bond donors (Lipinski definition) is 0. The second-order valence-corrected chi connectivity index (χ2v) is 30.2. The molecule has 0 fully saturated rings. The highest BCUT2D eigenvalue weighted by atomic mass is 16.5. The van der Waals surface area contributed by atoms with Gasteiger partial charge in [0.1, 0.15) is 34.5 Å². The van der Waals surface area contributed by atoms with Crippen molar-refractivity contribution in [2.75, 3.05) is 72.1 Å². The second-order valence-electron chi connectivity index (χ2n) is 30.2. The van der Waals surface area contributed by atoms with E-state index in [2.05, 4.69) is 362 Å². The number of aryl methyl sites for hydroxylation is 6. The number of hydrogen-bond acceptors (Lipinski definition) is 12. The van der Waals surface area contributed by atoms with E-state index in [1.165, 1.54) is 0 Å². The Balaban J connectivity index is 1.06. The number of anilines is 18. The molecular weight excluding hydrogens is 1480 g/mol. The van der Waals surface area contributed by atoms with Gasteiger partial charge in [0.25, 0.3) is 0 Å². The van der Waals surface area contributed by atoms with Crippen molar-refractivity contribution in [2.45, 2.75) is 41.5 Å². The molecule has 0 N–H and O–H groups in total. The highest BCUT2D eigenvalue weighted by molar-refractivity contribution is 5.95. The Morgan fingerprint density at radius 2 is 0.233 bits per heavy atom. The summed E-state index contributed by atoms with van der Waals surface area (Å²) in [5.41, 5.74) is 29.4. The molecule has 0 heterocycles. The summed E-state index contributed by atoms with van der Waals surface area (Å²) in [4.78, 5) is 14.1. The Morgan fingerprint density at radius 3 is 0.350 bits per heavy atom. The van der Waals surface area contributed by atoms with Gasteiger partial charge in [-0.3, -0.25) is 0 Å². The fourth-order valence-corrected chi connectivity index (χ4v) is 15.4. The largest absolute Gasteiger partial charge is 0.497 e. The lowest BCUT2D eigenvalue weighted by Gasteiger charge is -2.31. The van der Waals surface area contributed by atoms with Crippen LogP contribution in [0.3, 0.4) is 0 Å². The lowest BCUT2D eigenvalue weighted by Crippen LogP contribution is -2.14. The molecule has 0 saturated heterocycles. The Kier molecular flexibility index (Phi) is 23.2. The highest BCUT2D eigenvalue weighted by Crippen LogP contribution is 2.51. The number of rotatable bonds is 27. The molecule has 0 aliphatic rings. The van der Waals surface area contributed by atoms with Crippen molar-refractivity contribution in [1.82, 2.24) is 0 Å². The average Bonchev–Trinajstić information content (AvgIpc) is 0.759. The molecule has 0 aliphatic heterocycles. The Morgan fingerprint density at radius 1 is 0.125 bits per heavy atom. The number of benzene rings is 16. The molecule has 0 bridgehead atoms. The van der Waals surface area contributed by atoms with E-state index in [1.54, 1.807) is 42.7 Å². The smallest absolute Gasteiger partial charge is 0.119 e. The molecule has 594 valence electrons. The topological polar surface area (TPSA) is 74.8 Å². The van der Waals surface area contributed by atoms with E-state index < -0.39 is 0 Å². The predicted molar refractivity (Wildman–Crippen MR) is 499 cm³/mol. The van der Waals surface area contributed by atoms with E-state index in [-0.39, 0.29) is 0 Å². The fraction of sp³-hybridized carbons (Fsp3) is 0.111. The number of nitrogens with zero attached hydrogens (tertiary/aromatic N) is 6. The minimum absolute atomic E-state index is 0.750. The fourth-order valence-electron chi connectivity index (χ4n) is 15.4. The molecule has 12 nitrogen and oxygen atoms in total. The molecule has 0 atom stereocenters. The first kappa shape index (κ1) is 79.0. The summed E-state index contributed by atoms with van der Waals surface area (Å²) in [6.07, 6.45) is 0. The van der Waals surface area contributed by atoms with Gasteiger partial charge in [0.15, 0.2) is 0 Å². The van der Waals surface area contributed by atoms with Gasteiger partial charge in [-0.25, -0.2) is 0 Å². The van der Waals surface area contributed by atoms with E-state index >= 15 is 0 Å². The van der Waals surface area contributed by atoms with Gasteiger partial charge in [0, 0.05) is 102 Å². The van der Waals surface area contributed by atoms with Crippen molar-refractivity contribution in [1.29, 1.82) is 0 Å². The van der Waals surface area contributed by atoms with Crippen molar-refractivity contribution in [2.24, 2.45) is 0 Å². The van der Waals surface area contributed by atoms with Crippen molar-refractivity contribution >= 4 is 102 Å². The van der Waals surface area contributed by atoms with Gasteiger partial charge in [-0.2, -0.15) is 0 Å². The van der Waals surface area contributed by atoms with Gasteiger partial charge in [-0.05, 0) is 366 Å². The van der Waals surface area contributed by atoms with E-state index in [4.69, 9.17) is 28.4 Å². The average molecular weight is 1570 g/mol. The van der Waals surface area contributed by atoms with Gasteiger partial charge in [0.05, 0.1) is 42.7 Å². The third kappa shape index (κ3) is 17.3. The van der Waals surface area contributed by atoms with Crippen LogP contribution in [0.4, 0.5) is 102 Å². The molecule has 16 aromatic rings. The third-order valence-electron chi connectivity index (χ3n) is 21.9.